The number of anilines is 2. The Morgan fingerprint density at radius 1 is 1.45 bits per heavy atom. The van der Waals surface area contributed by atoms with E-state index in [4.69, 9.17) is 5.73 Å². The van der Waals surface area contributed by atoms with Crippen molar-refractivity contribution >= 4 is 69.3 Å². The average Bonchev–Trinajstić information content (AvgIpc) is 3.46. The maximum absolute atomic E-state index is 12.8. The first-order valence-electron chi connectivity index (χ1n) is 9.28. The lowest BCUT2D eigenvalue weighted by atomic mass is 10.0. The number of fused-ring (bicyclic) bond motifs is 1. The van der Waals surface area contributed by atoms with Crippen LogP contribution in [0.1, 0.15) is 5.69 Å². The molecule has 2 aromatic rings. The molecule has 0 bridgehead atoms. The molecule has 0 aliphatic carbocycles. The molecule has 2 atom stereocenters. The lowest BCUT2D eigenvalue weighted by molar-refractivity contribution is -0.150. The number of rotatable bonds is 9. The van der Waals surface area contributed by atoms with Gasteiger partial charge in [0.2, 0.25) is 0 Å². The summed E-state index contributed by atoms with van der Waals surface area (Å²) < 4.78 is 0. The molecule has 0 radical (unpaired) electrons. The standard InChI is InChI=1S/C16H17N9O5S3/c17-16-20-6(4-33-16)9(23-30)12(26)21-10-13(27)25-11(15(28)29)7(5-32-14(10)25)31-2-1-18-8-3-19-24-22-8/h3-4,10,14,30H,1-2,5H2,(H2,17,20)(H,21,26)(H,28,29)(H2,18,19,22,24)/b23-9-/t10-,14-/m1/s1. The molecule has 7 N–H and O–H groups in total. The number of carbonyl (C=O) groups excluding carboxylic acids is 2. The highest BCUT2D eigenvalue weighted by molar-refractivity contribution is 8.06. The van der Waals surface area contributed by atoms with Crippen LogP contribution < -0.4 is 16.4 Å². The Morgan fingerprint density at radius 3 is 2.91 bits per heavy atom. The fraction of sp³-hybridized carbons (Fsp3) is 0.312. The summed E-state index contributed by atoms with van der Waals surface area (Å²) >= 11 is 3.72. The molecule has 2 amide bonds. The topological polar surface area (TPSA) is 212 Å². The minimum absolute atomic E-state index is 0.0708. The Balaban J connectivity index is 1.40. The fourth-order valence-electron chi connectivity index (χ4n) is 3.16. The summed E-state index contributed by atoms with van der Waals surface area (Å²) in [6.07, 6.45) is 1.52. The van der Waals surface area contributed by atoms with Crippen LogP contribution >= 0.6 is 34.9 Å². The number of carboxylic acids is 1. The van der Waals surface area contributed by atoms with E-state index in [9.17, 15) is 24.7 Å². The lowest BCUT2D eigenvalue weighted by Gasteiger charge is -2.49. The van der Waals surface area contributed by atoms with Crippen molar-refractivity contribution in [3.05, 3.63) is 27.9 Å². The summed E-state index contributed by atoms with van der Waals surface area (Å²) in [6, 6.07) is -0.968. The van der Waals surface area contributed by atoms with Crippen LogP contribution in [0.15, 0.2) is 27.3 Å². The van der Waals surface area contributed by atoms with Crippen LogP contribution in [0.25, 0.3) is 0 Å². The van der Waals surface area contributed by atoms with Crippen molar-refractivity contribution in [2.24, 2.45) is 5.16 Å². The van der Waals surface area contributed by atoms with Crippen LogP contribution in [-0.2, 0) is 14.4 Å². The smallest absolute Gasteiger partial charge is 0.353 e. The number of nitrogens with two attached hydrogens (primary N) is 1. The number of amides is 2. The number of oxime groups is 1. The van der Waals surface area contributed by atoms with Gasteiger partial charge >= 0.3 is 5.97 Å². The van der Waals surface area contributed by atoms with Crippen molar-refractivity contribution in [3.63, 3.8) is 0 Å². The maximum atomic E-state index is 12.8. The van der Waals surface area contributed by atoms with E-state index in [1.807, 2.05) is 0 Å². The van der Waals surface area contributed by atoms with E-state index in [-0.39, 0.29) is 22.2 Å². The number of aromatic nitrogens is 4. The van der Waals surface area contributed by atoms with E-state index < -0.39 is 29.2 Å². The number of aliphatic carboxylic acids is 1. The highest BCUT2D eigenvalue weighted by Crippen LogP contribution is 2.43. The molecule has 2 aromatic heterocycles. The van der Waals surface area contributed by atoms with Gasteiger partial charge in [-0.1, -0.05) is 5.16 Å². The number of hydrogen-bond donors (Lipinski definition) is 6. The van der Waals surface area contributed by atoms with Crippen molar-refractivity contribution in [1.29, 1.82) is 0 Å². The number of aromatic amines is 1. The van der Waals surface area contributed by atoms with Crippen LogP contribution in [0.3, 0.4) is 0 Å². The third kappa shape index (κ3) is 4.60. The largest absolute Gasteiger partial charge is 0.477 e. The zero-order valence-corrected chi connectivity index (χ0v) is 19.0. The number of nitrogen functional groups attached to an aromatic ring is 1. The van der Waals surface area contributed by atoms with Crippen molar-refractivity contribution in [3.8, 4) is 0 Å². The molecule has 174 valence electrons. The van der Waals surface area contributed by atoms with Gasteiger partial charge in [0.05, 0.1) is 6.20 Å². The van der Waals surface area contributed by atoms with Crippen LogP contribution in [0.5, 0.6) is 0 Å². The summed E-state index contributed by atoms with van der Waals surface area (Å²) in [6.45, 7) is 0.513. The molecule has 1 fully saturated rings. The molecule has 1 saturated heterocycles. The zero-order chi connectivity index (χ0) is 23.5. The van der Waals surface area contributed by atoms with E-state index in [1.54, 1.807) is 0 Å². The molecule has 33 heavy (non-hydrogen) atoms. The first-order valence-corrected chi connectivity index (χ1v) is 12.2. The van der Waals surface area contributed by atoms with Crippen LogP contribution in [0.4, 0.5) is 10.9 Å². The Kier molecular flexibility index (Phi) is 6.70. The van der Waals surface area contributed by atoms with E-state index in [0.29, 0.717) is 28.8 Å². The predicted molar refractivity (Wildman–Crippen MR) is 122 cm³/mol. The van der Waals surface area contributed by atoms with Crippen LogP contribution in [0.2, 0.25) is 0 Å². The fourth-order valence-corrected chi connectivity index (χ4v) is 6.21. The van der Waals surface area contributed by atoms with Gasteiger partial charge in [0, 0.05) is 28.3 Å². The maximum Gasteiger partial charge on any atom is 0.353 e. The number of carbonyl (C=O) groups is 3. The van der Waals surface area contributed by atoms with Crippen LogP contribution in [-0.4, -0.2) is 88.6 Å². The van der Waals surface area contributed by atoms with Gasteiger partial charge in [-0.2, -0.15) is 10.3 Å². The number of hydrogen-bond acceptors (Lipinski definition) is 13. The van der Waals surface area contributed by atoms with E-state index in [2.05, 4.69) is 36.2 Å². The molecule has 0 saturated carbocycles. The summed E-state index contributed by atoms with van der Waals surface area (Å²) in [5.41, 5.74) is 5.13. The minimum Gasteiger partial charge on any atom is -0.477 e. The molecule has 0 aromatic carbocycles. The van der Waals surface area contributed by atoms with Crippen molar-refractivity contribution in [1.82, 2.24) is 30.6 Å². The molecule has 14 nitrogen and oxygen atoms in total. The van der Waals surface area contributed by atoms with Gasteiger partial charge in [0.15, 0.2) is 16.7 Å². The lowest BCUT2D eigenvalue weighted by Crippen LogP contribution is -2.71. The number of thioether (sulfide) groups is 2. The first kappa shape index (κ1) is 22.9. The molecule has 2 aliphatic rings. The van der Waals surface area contributed by atoms with Gasteiger partial charge in [0.1, 0.15) is 22.8 Å². The second-order valence-corrected chi connectivity index (χ2v) is 9.77. The Labute approximate surface area is 198 Å². The van der Waals surface area contributed by atoms with Gasteiger partial charge in [-0.15, -0.1) is 40.0 Å². The number of carboxylic acid groups (broad SMARTS) is 1. The average molecular weight is 512 g/mol. The summed E-state index contributed by atoms with van der Waals surface area (Å²) in [4.78, 5) is 42.8. The third-order valence-corrected chi connectivity index (χ3v) is 7.83. The second kappa shape index (κ2) is 9.67. The summed E-state index contributed by atoms with van der Waals surface area (Å²) in [7, 11) is 0. The number of nitrogens with one attached hydrogen (secondary N) is 3. The van der Waals surface area contributed by atoms with Gasteiger partial charge in [-0.25, -0.2) is 9.78 Å². The summed E-state index contributed by atoms with van der Waals surface area (Å²) in [5, 5.41) is 38.5. The molecule has 17 heteroatoms. The SMILES string of the molecule is Nc1nc(/C(=N/O)C(=O)N[C@@H]2C(=O)N3C(C(=O)O)=C(SCCNc4cn[nH]n4)CS[C@H]23)cs1. The summed E-state index contributed by atoms with van der Waals surface area (Å²) in [5.74, 6) is -1.13. The van der Waals surface area contributed by atoms with Gasteiger partial charge < -0.3 is 26.7 Å². The second-order valence-electron chi connectivity index (χ2n) is 6.59. The number of nitrogens with zero attached hydrogens (tertiary/aromatic N) is 5. The van der Waals surface area contributed by atoms with Gasteiger partial charge in [-0.05, 0) is 0 Å². The van der Waals surface area contributed by atoms with E-state index in [1.165, 1.54) is 40.0 Å². The molecule has 2 aliphatic heterocycles. The monoisotopic (exact) mass is 511 g/mol. The highest BCUT2D eigenvalue weighted by atomic mass is 32.2. The molecular formula is C16H17N9O5S3. The Morgan fingerprint density at radius 2 is 2.27 bits per heavy atom. The van der Waals surface area contributed by atoms with Crippen molar-refractivity contribution < 1.29 is 24.7 Å². The first-order chi connectivity index (χ1) is 15.9. The Hall–Kier alpha value is -3.31. The van der Waals surface area contributed by atoms with Gasteiger partial charge in [-0.3, -0.25) is 14.5 Å². The van der Waals surface area contributed by atoms with E-state index >= 15 is 0 Å². The Bertz CT molecular complexity index is 1130. The molecule has 4 rings (SSSR count). The van der Waals surface area contributed by atoms with E-state index in [0.717, 1.165) is 11.3 Å². The number of H-pyrrole nitrogens is 1. The van der Waals surface area contributed by atoms with Crippen LogP contribution in [0, 0.1) is 0 Å². The molecule has 0 unspecified atom stereocenters. The number of thiazole rings is 1. The molecular weight excluding hydrogens is 494 g/mol. The molecule has 0 spiro atoms. The quantitative estimate of drug-likeness (QED) is 0.0831. The third-order valence-electron chi connectivity index (χ3n) is 4.60. The minimum atomic E-state index is -1.22. The number of β-lactam (4-membered cyclic amide) rings is 1. The molecule has 4 heterocycles. The van der Waals surface area contributed by atoms with Crippen molar-refractivity contribution in [2.75, 3.05) is 29.1 Å². The van der Waals surface area contributed by atoms with Gasteiger partial charge in [0.25, 0.3) is 11.8 Å². The zero-order valence-electron chi connectivity index (χ0n) is 16.6. The normalized spacial score (nSPS) is 20.3. The van der Waals surface area contributed by atoms with Crippen molar-refractivity contribution in [2.45, 2.75) is 11.4 Å². The predicted octanol–water partition coefficient (Wildman–Crippen LogP) is -0.437. The highest BCUT2D eigenvalue weighted by Gasteiger charge is 2.54.